The number of hydrogen-bond acceptors (Lipinski definition) is 8. The van der Waals surface area contributed by atoms with Crippen LogP contribution in [0.15, 0.2) is 41.4 Å². The number of hydrogen-bond donors (Lipinski definition) is 3. The number of methoxy groups -OCH3 is 1. The maximum atomic E-state index is 15.8. The number of anilines is 2. The lowest BCUT2D eigenvalue weighted by atomic mass is 9.81. The first-order valence-electron chi connectivity index (χ1n) is 15.3. The summed E-state index contributed by atoms with van der Waals surface area (Å²) in [7, 11) is -2.98. The summed E-state index contributed by atoms with van der Waals surface area (Å²) in [6.07, 6.45) is 5.46. The number of rotatable bonds is 12. The molecular formula is C32H39F3N6O4S. The van der Waals surface area contributed by atoms with Gasteiger partial charge in [-0.15, -0.1) is 0 Å². The minimum absolute atomic E-state index is 0.0896. The SMILES string of the molecule is CCOc1ccc(F)c(S(=O)(=O)Nc2cc(F)c(-c3nn(C(C)C)c4c3c(N)ncc4[C@H]3CC[C@H](NCCOC)CC3)cc2F)c1. The van der Waals surface area contributed by atoms with Crippen LogP contribution in [0, 0.1) is 17.5 Å². The Morgan fingerprint density at radius 2 is 1.80 bits per heavy atom. The quantitative estimate of drug-likeness (QED) is 0.154. The number of sulfonamides is 1. The third-order valence-electron chi connectivity index (χ3n) is 8.24. The van der Waals surface area contributed by atoms with Crippen molar-refractivity contribution in [2.45, 2.75) is 69.4 Å². The van der Waals surface area contributed by atoms with Crippen LogP contribution in [0.3, 0.4) is 0 Å². The standard InChI is InChI=1S/C32H39F3N6O4S/c1-5-45-21-10-11-24(33)28(14-21)46(42,43)40-27-16-25(34)22(15-26(27)35)30-29-31(41(39-30)18(2)3)23(17-38-32(29)36)19-6-8-20(9-7-19)37-12-13-44-4/h10-11,14-20,37,40H,5-9,12-13H2,1-4H3,(H2,36,38)/t19-,20-. The number of nitrogens with two attached hydrogens (primary N) is 1. The van der Waals surface area contributed by atoms with E-state index in [1.54, 1.807) is 24.9 Å². The van der Waals surface area contributed by atoms with Crippen molar-refractivity contribution in [3.05, 3.63) is 59.5 Å². The van der Waals surface area contributed by atoms with Crippen LogP contribution >= 0.6 is 0 Å². The summed E-state index contributed by atoms with van der Waals surface area (Å²) in [5.41, 5.74) is 7.20. The van der Waals surface area contributed by atoms with Crippen molar-refractivity contribution in [1.29, 1.82) is 0 Å². The van der Waals surface area contributed by atoms with Crippen LogP contribution < -0.4 is 20.5 Å². The normalized spacial score (nSPS) is 17.1. The molecule has 2 aromatic carbocycles. The first kappa shape index (κ1) is 33.5. The number of nitrogens with zero attached hydrogens (tertiary/aromatic N) is 3. The number of aromatic nitrogens is 3. The molecule has 1 fully saturated rings. The maximum absolute atomic E-state index is 15.8. The fourth-order valence-electron chi connectivity index (χ4n) is 6.01. The molecule has 0 aliphatic heterocycles. The van der Waals surface area contributed by atoms with Gasteiger partial charge < -0.3 is 20.5 Å². The molecule has 2 heterocycles. The Bertz CT molecular complexity index is 1820. The molecule has 5 rings (SSSR count). The van der Waals surface area contributed by atoms with Gasteiger partial charge in [-0.25, -0.2) is 26.6 Å². The molecule has 1 aliphatic rings. The summed E-state index contributed by atoms with van der Waals surface area (Å²) in [6.45, 7) is 7.19. The minimum Gasteiger partial charge on any atom is -0.494 e. The fourth-order valence-corrected chi connectivity index (χ4v) is 7.16. The van der Waals surface area contributed by atoms with E-state index in [-0.39, 0.29) is 41.4 Å². The highest BCUT2D eigenvalue weighted by atomic mass is 32.2. The maximum Gasteiger partial charge on any atom is 0.265 e. The molecule has 0 spiro atoms. The number of fused-ring (bicyclic) bond motifs is 1. The van der Waals surface area contributed by atoms with Crippen LogP contribution in [0.5, 0.6) is 5.75 Å². The van der Waals surface area contributed by atoms with Gasteiger partial charge in [0.15, 0.2) is 0 Å². The van der Waals surface area contributed by atoms with Gasteiger partial charge in [-0.05, 0) is 76.1 Å². The molecule has 4 aromatic rings. The molecule has 14 heteroatoms. The van der Waals surface area contributed by atoms with E-state index in [4.69, 9.17) is 20.3 Å². The zero-order valence-electron chi connectivity index (χ0n) is 26.2. The van der Waals surface area contributed by atoms with Crippen molar-refractivity contribution in [3.8, 4) is 17.0 Å². The van der Waals surface area contributed by atoms with Gasteiger partial charge in [0.1, 0.15) is 39.6 Å². The lowest BCUT2D eigenvalue weighted by molar-refractivity contribution is 0.191. The van der Waals surface area contributed by atoms with Gasteiger partial charge in [0.2, 0.25) is 0 Å². The van der Waals surface area contributed by atoms with Crippen LogP contribution in [-0.2, 0) is 14.8 Å². The summed E-state index contributed by atoms with van der Waals surface area (Å²) in [5.74, 6) is -2.73. The van der Waals surface area contributed by atoms with Crippen LogP contribution in [0.25, 0.3) is 22.2 Å². The molecule has 46 heavy (non-hydrogen) atoms. The monoisotopic (exact) mass is 660 g/mol. The molecule has 10 nitrogen and oxygen atoms in total. The highest BCUT2D eigenvalue weighted by Gasteiger charge is 2.30. The number of benzene rings is 2. The fraction of sp³-hybridized carbons (Fsp3) is 0.438. The van der Waals surface area contributed by atoms with Gasteiger partial charge in [-0.1, -0.05) is 0 Å². The second-order valence-corrected chi connectivity index (χ2v) is 13.3. The Kier molecular flexibility index (Phi) is 10.1. The molecule has 4 N–H and O–H groups in total. The highest BCUT2D eigenvalue weighted by molar-refractivity contribution is 7.92. The predicted molar refractivity (Wildman–Crippen MR) is 171 cm³/mol. The second-order valence-electron chi connectivity index (χ2n) is 11.6. The summed E-state index contributed by atoms with van der Waals surface area (Å²) < 4.78 is 86.0. The smallest absolute Gasteiger partial charge is 0.265 e. The highest BCUT2D eigenvalue weighted by Crippen LogP contribution is 2.42. The van der Waals surface area contributed by atoms with E-state index in [0.717, 1.165) is 56.0 Å². The van der Waals surface area contributed by atoms with Gasteiger partial charge in [0.25, 0.3) is 10.0 Å². The zero-order valence-corrected chi connectivity index (χ0v) is 27.1. The molecule has 1 saturated carbocycles. The van der Waals surface area contributed by atoms with Crippen molar-refractivity contribution in [2.75, 3.05) is 37.3 Å². The van der Waals surface area contributed by atoms with E-state index in [1.807, 2.05) is 18.6 Å². The van der Waals surface area contributed by atoms with Gasteiger partial charge in [0.05, 0.1) is 29.8 Å². The third kappa shape index (κ3) is 6.79. The predicted octanol–water partition coefficient (Wildman–Crippen LogP) is 6.14. The van der Waals surface area contributed by atoms with Crippen molar-refractivity contribution in [3.63, 3.8) is 0 Å². The number of nitrogen functional groups attached to an aromatic ring is 1. The molecular weight excluding hydrogens is 621 g/mol. The average Bonchev–Trinajstić information content (AvgIpc) is 3.42. The van der Waals surface area contributed by atoms with Crippen molar-refractivity contribution in [2.24, 2.45) is 0 Å². The topological polar surface area (TPSA) is 133 Å². The Morgan fingerprint density at radius 3 is 2.48 bits per heavy atom. The summed E-state index contributed by atoms with van der Waals surface area (Å²) >= 11 is 0. The van der Waals surface area contributed by atoms with E-state index in [0.29, 0.717) is 29.6 Å². The van der Waals surface area contributed by atoms with E-state index in [2.05, 4.69) is 10.3 Å². The van der Waals surface area contributed by atoms with Crippen LogP contribution in [0.2, 0.25) is 0 Å². The Balaban J connectivity index is 1.51. The van der Waals surface area contributed by atoms with Crippen LogP contribution in [0.4, 0.5) is 24.7 Å². The van der Waals surface area contributed by atoms with Gasteiger partial charge >= 0.3 is 0 Å². The van der Waals surface area contributed by atoms with Crippen molar-refractivity contribution < 1.29 is 31.1 Å². The zero-order chi connectivity index (χ0) is 33.2. The van der Waals surface area contributed by atoms with E-state index < -0.39 is 38.1 Å². The summed E-state index contributed by atoms with van der Waals surface area (Å²) in [4.78, 5) is 3.67. The first-order chi connectivity index (χ1) is 21.9. The number of ether oxygens (including phenoxy) is 2. The molecule has 248 valence electrons. The lowest BCUT2D eigenvalue weighted by Crippen LogP contribution is -2.34. The van der Waals surface area contributed by atoms with Gasteiger partial charge in [-0.3, -0.25) is 9.40 Å². The average molecular weight is 661 g/mol. The Labute approximate surface area is 266 Å². The third-order valence-corrected chi connectivity index (χ3v) is 9.62. The minimum atomic E-state index is -4.65. The molecule has 0 radical (unpaired) electrons. The molecule has 0 amide bonds. The Hall–Kier alpha value is -3.88. The molecule has 1 aliphatic carbocycles. The van der Waals surface area contributed by atoms with Crippen molar-refractivity contribution in [1.82, 2.24) is 20.1 Å². The molecule has 0 unspecified atom stereocenters. The van der Waals surface area contributed by atoms with Gasteiger partial charge in [-0.2, -0.15) is 5.10 Å². The summed E-state index contributed by atoms with van der Waals surface area (Å²) in [5, 5.41) is 8.61. The largest absolute Gasteiger partial charge is 0.494 e. The molecule has 0 bridgehead atoms. The van der Waals surface area contributed by atoms with E-state index in [1.165, 1.54) is 6.07 Å². The molecule has 2 aromatic heterocycles. The van der Waals surface area contributed by atoms with E-state index >= 15 is 8.78 Å². The molecule has 0 atom stereocenters. The van der Waals surface area contributed by atoms with Crippen LogP contribution in [0.1, 0.15) is 64.0 Å². The number of halogens is 3. The van der Waals surface area contributed by atoms with Crippen molar-refractivity contribution >= 4 is 32.4 Å². The Morgan fingerprint density at radius 1 is 1.07 bits per heavy atom. The second kappa shape index (κ2) is 13.9. The summed E-state index contributed by atoms with van der Waals surface area (Å²) in [6, 6.07) is 4.97. The molecule has 0 saturated heterocycles. The lowest BCUT2D eigenvalue weighted by Gasteiger charge is -2.30. The number of pyridine rings is 1. The van der Waals surface area contributed by atoms with Crippen LogP contribution in [-0.4, -0.2) is 56.1 Å². The first-order valence-corrected chi connectivity index (χ1v) is 16.8. The number of nitrogens with one attached hydrogen (secondary N) is 2. The van der Waals surface area contributed by atoms with E-state index in [9.17, 15) is 12.8 Å². The van der Waals surface area contributed by atoms with Gasteiger partial charge in [0, 0.05) is 49.6 Å².